The van der Waals surface area contributed by atoms with Crippen molar-refractivity contribution >= 4 is 28.5 Å². The highest BCUT2D eigenvalue weighted by atomic mass is 32.2. The largest absolute Gasteiger partial charge is 0.417 e. The maximum Gasteiger partial charge on any atom is 0.297 e. The lowest BCUT2D eigenvalue weighted by Gasteiger charge is -2.36. The number of benzene rings is 3. The second-order valence-corrected chi connectivity index (χ2v) is 21.4. The van der Waals surface area contributed by atoms with Crippen molar-refractivity contribution in [2.75, 3.05) is 19.8 Å². The number of aliphatic hydroxyl groups excluding tert-OH is 1. The first-order valence-electron chi connectivity index (χ1n) is 15.4. The zero-order valence-electron chi connectivity index (χ0n) is 27.6. The minimum atomic E-state index is -4.20. The van der Waals surface area contributed by atoms with Crippen LogP contribution in [0.25, 0.3) is 0 Å². The Kier molecular flexibility index (Phi) is 12.7. The number of sulfonamides is 1. The maximum atomic E-state index is 14.2. The fourth-order valence-corrected chi connectivity index (χ4v) is 8.15. The molecule has 0 radical (unpaired) electrons. The van der Waals surface area contributed by atoms with Gasteiger partial charge in [0.25, 0.3) is 10.1 Å². The molecule has 0 fully saturated rings. The molecule has 0 saturated heterocycles. The molecule has 0 aromatic heterocycles. The summed E-state index contributed by atoms with van der Waals surface area (Å²) in [6.07, 6.45) is 0.722. The van der Waals surface area contributed by atoms with Crippen molar-refractivity contribution in [1.29, 1.82) is 0 Å². The molecule has 2 atom stereocenters. The first kappa shape index (κ1) is 37.1. The van der Waals surface area contributed by atoms with Gasteiger partial charge in [-0.1, -0.05) is 86.5 Å². The topological polar surface area (TPSA) is 110 Å². The zero-order valence-corrected chi connectivity index (χ0v) is 30.2. The fraction of sp³-hybridized carbons (Fsp3) is 0.471. The molecule has 0 amide bonds. The van der Waals surface area contributed by atoms with Crippen LogP contribution >= 0.6 is 0 Å². The quantitative estimate of drug-likeness (QED) is 0.0990. The van der Waals surface area contributed by atoms with Crippen LogP contribution in [0.4, 0.5) is 0 Å². The first-order valence-corrected chi connectivity index (χ1v) is 21.1. The van der Waals surface area contributed by atoms with Crippen molar-refractivity contribution in [2.24, 2.45) is 0 Å². The third-order valence-electron chi connectivity index (χ3n) is 8.44. The number of aryl methyl sites for hydroxylation is 2. The van der Waals surface area contributed by atoms with Gasteiger partial charge >= 0.3 is 0 Å². The Morgan fingerprint density at radius 2 is 1.33 bits per heavy atom. The Labute approximate surface area is 271 Å². The summed E-state index contributed by atoms with van der Waals surface area (Å²) >= 11 is 0. The van der Waals surface area contributed by atoms with Gasteiger partial charge in [-0.25, -0.2) is 8.42 Å². The van der Waals surface area contributed by atoms with E-state index in [0.29, 0.717) is 25.0 Å². The van der Waals surface area contributed by atoms with Gasteiger partial charge < -0.3 is 9.53 Å². The molecule has 8 nitrogen and oxygen atoms in total. The summed E-state index contributed by atoms with van der Waals surface area (Å²) in [6.45, 7) is 14.5. The highest BCUT2D eigenvalue weighted by Crippen LogP contribution is 2.36. The van der Waals surface area contributed by atoms with Gasteiger partial charge in [-0.3, -0.25) is 4.18 Å². The van der Waals surface area contributed by atoms with Gasteiger partial charge in [0, 0.05) is 13.2 Å². The molecule has 0 aliphatic carbocycles. The van der Waals surface area contributed by atoms with Gasteiger partial charge in [0.15, 0.2) is 8.32 Å². The Hall–Kier alpha value is -2.38. The van der Waals surface area contributed by atoms with E-state index in [0.717, 1.165) is 17.5 Å². The molecule has 3 aromatic carbocycles. The zero-order chi connectivity index (χ0) is 33.5. The predicted octanol–water partition coefficient (Wildman–Crippen LogP) is 6.99. The molecule has 11 heteroatoms. The molecule has 1 N–H and O–H groups in total. The van der Waals surface area contributed by atoms with E-state index in [1.165, 1.54) is 28.6 Å². The van der Waals surface area contributed by atoms with E-state index in [-0.39, 0.29) is 21.4 Å². The van der Waals surface area contributed by atoms with Crippen LogP contribution in [0.5, 0.6) is 0 Å². The van der Waals surface area contributed by atoms with Crippen molar-refractivity contribution in [1.82, 2.24) is 4.31 Å². The summed E-state index contributed by atoms with van der Waals surface area (Å²) in [6, 6.07) is 20.5. The van der Waals surface area contributed by atoms with E-state index < -0.39 is 47.2 Å². The maximum absolute atomic E-state index is 14.2. The van der Waals surface area contributed by atoms with Gasteiger partial charge in [0.1, 0.15) is 0 Å². The highest BCUT2D eigenvalue weighted by Gasteiger charge is 2.37. The minimum absolute atomic E-state index is 0.0205. The lowest BCUT2D eigenvalue weighted by Crippen LogP contribution is -2.42. The van der Waals surface area contributed by atoms with Crippen LogP contribution in [-0.4, -0.2) is 60.4 Å². The SMILES string of the molecule is Cc1ccc(S(=O)(=O)OC[C@@H](c2ccccc2)N(C[C@@H](O)CCCCO[Si](C)(C)C(C)(C)C)S(=O)(=O)c2ccc(C)cc2)cc1. The van der Waals surface area contributed by atoms with Crippen molar-refractivity contribution in [3.8, 4) is 0 Å². The molecule has 3 rings (SSSR count). The molecule has 45 heavy (non-hydrogen) atoms. The van der Waals surface area contributed by atoms with E-state index in [1.54, 1.807) is 54.6 Å². The van der Waals surface area contributed by atoms with Crippen LogP contribution in [0.3, 0.4) is 0 Å². The summed E-state index contributed by atoms with van der Waals surface area (Å²) in [4.78, 5) is 0.0261. The summed E-state index contributed by atoms with van der Waals surface area (Å²) in [5.74, 6) is 0. The Morgan fingerprint density at radius 1 is 0.800 bits per heavy atom. The van der Waals surface area contributed by atoms with Gasteiger partial charge in [-0.15, -0.1) is 0 Å². The van der Waals surface area contributed by atoms with E-state index >= 15 is 0 Å². The van der Waals surface area contributed by atoms with Crippen LogP contribution in [-0.2, 0) is 28.8 Å². The van der Waals surface area contributed by atoms with E-state index in [9.17, 15) is 21.9 Å². The molecule has 0 unspecified atom stereocenters. The van der Waals surface area contributed by atoms with Crippen molar-refractivity contribution < 1.29 is 30.6 Å². The lowest BCUT2D eigenvalue weighted by molar-refractivity contribution is 0.107. The van der Waals surface area contributed by atoms with Crippen LogP contribution < -0.4 is 0 Å². The minimum Gasteiger partial charge on any atom is -0.417 e. The van der Waals surface area contributed by atoms with Crippen LogP contribution in [0, 0.1) is 13.8 Å². The molecule has 0 bridgehead atoms. The van der Waals surface area contributed by atoms with E-state index in [2.05, 4.69) is 33.9 Å². The second kappa shape index (κ2) is 15.5. The monoisotopic (exact) mass is 675 g/mol. The van der Waals surface area contributed by atoms with Crippen LogP contribution in [0.1, 0.15) is 62.8 Å². The number of hydrogen-bond acceptors (Lipinski definition) is 7. The van der Waals surface area contributed by atoms with Crippen molar-refractivity contribution in [3.63, 3.8) is 0 Å². The number of nitrogens with zero attached hydrogens (tertiary/aromatic N) is 1. The molecule has 0 heterocycles. The van der Waals surface area contributed by atoms with Gasteiger partial charge in [0.05, 0.1) is 28.5 Å². The average molecular weight is 676 g/mol. The Morgan fingerprint density at radius 3 is 1.87 bits per heavy atom. The smallest absolute Gasteiger partial charge is 0.297 e. The summed E-state index contributed by atoms with van der Waals surface area (Å²) in [5.41, 5.74) is 2.34. The second-order valence-electron chi connectivity index (χ2n) is 13.1. The third kappa shape index (κ3) is 10.3. The van der Waals surface area contributed by atoms with E-state index in [4.69, 9.17) is 8.61 Å². The third-order valence-corrected chi connectivity index (χ3v) is 16.2. The first-order chi connectivity index (χ1) is 20.9. The van der Waals surface area contributed by atoms with Gasteiger partial charge in [-0.2, -0.15) is 12.7 Å². The molecular formula is C34H49NO7S2Si. The number of hydrogen-bond donors (Lipinski definition) is 1. The van der Waals surface area contributed by atoms with Crippen LogP contribution in [0.15, 0.2) is 88.7 Å². The standard InChI is InChI=1S/C34H49NO7S2Si/c1-27-16-20-31(21-17-27)43(37,38)35(25-30(36)15-11-12-24-42-45(6,7)34(3,4)5)33(29-13-9-8-10-14-29)26-41-44(39,40)32-22-18-28(2)19-23-32/h8-10,13-14,16-23,30,33,36H,11-12,15,24-26H2,1-7H3/t30-,33-/m0/s1. The molecular weight excluding hydrogens is 627 g/mol. The molecule has 3 aromatic rings. The number of rotatable bonds is 16. The number of aliphatic hydroxyl groups is 1. The summed E-state index contributed by atoms with van der Waals surface area (Å²) in [7, 11) is -10.3. The average Bonchev–Trinajstić information content (AvgIpc) is 2.97. The molecule has 0 aliphatic rings. The lowest BCUT2D eigenvalue weighted by atomic mass is 10.1. The van der Waals surface area contributed by atoms with Gasteiger partial charge in [-0.05, 0) is 81.1 Å². The van der Waals surface area contributed by atoms with Gasteiger partial charge in [0.2, 0.25) is 10.0 Å². The normalized spacial score (nSPS) is 14.4. The van der Waals surface area contributed by atoms with Crippen LogP contribution in [0.2, 0.25) is 18.1 Å². The summed E-state index contributed by atoms with van der Waals surface area (Å²) in [5, 5.41) is 11.3. The molecule has 0 spiro atoms. The Bertz CT molecular complexity index is 1570. The number of unbranched alkanes of at least 4 members (excludes halogenated alkanes) is 1. The van der Waals surface area contributed by atoms with Crippen molar-refractivity contribution in [2.45, 2.75) is 94.0 Å². The molecule has 248 valence electrons. The van der Waals surface area contributed by atoms with Crippen molar-refractivity contribution in [3.05, 3.63) is 95.6 Å². The molecule has 0 aliphatic heterocycles. The fourth-order valence-electron chi connectivity index (χ4n) is 4.51. The molecule has 0 saturated carbocycles. The predicted molar refractivity (Wildman–Crippen MR) is 182 cm³/mol. The highest BCUT2D eigenvalue weighted by molar-refractivity contribution is 7.89. The Balaban J connectivity index is 1.88. The summed E-state index contributed by atoms with van der Waals surface area (Å²) < 4.78 is 67.7. The van der Waals surface area contributed by atoms with E-state index in [1.807, 2.05) is 13.8 Å².